The molecule has 0 saturated carbocycles. The molecule has 1 aromatic rings. The monoisotopic (exact) mass is 264 g/mol. The second-order valence-corrected chi connectivity index (χ2v) is 8.71. The molecule has 0 atom stereocenters. The third-order valence-corrected chi connectivity index (χ3v) is 5.48. The van der Waals surface area contributed by atoms with Crippen LogP contribution in [0.2, 0.25) is 0 Å². The van der Waals surface area contributed by atoms with E-state index in [0.29, 0.717) is 18.3 Å². The average molecular weight is 264 g/mol. The molecule has 0 aliphatic rings. The average Bonchev–Trinajstić information content (AvgIpc) is 2.37. The molecule has 0 amide bonds. The van der Waals surface area contributed by atoms with Gasteiger partial charge in [0.15, 0.2) is 0 Å². The summed E-state index contributed by atoms with van der Waals surface area (Å²) in [6, 6.07) is 10.1. The van der Waals surface area contributed by atoms with Crippen molar-refractivity contribution in [3.8, 4) is 0 Å². The van der Waals surface area contributed by atoms with Gasteiger partial charge >= 0.3 is 5.97 Å². The summed E-state index contributed by atoms with van der Waals surface area (Å²) in [6.45, 7) is 6.39. The van der Waals surface area contributed by atoms with Crippen molar-refractivity contribution in [1.29, 1.82) is 5.41 Å². The van der Waals surface area contributed by atoms with Gasteiger partial charge < -0.3 is 4.74 Å². The molecule has 0 unspecified atom stereocenters. The summed E-state index contributed by atoms with van der Waals surface area (Å²) < 4.78 is 4.94. The van der Waals surface area contributed by atoms with Gasteiger partial charge in [0.2, 0.25) is 0 Å². The van der Waals surface area contributed by atoms with E-state index >= 15 is 0 Å². The Kier molecular flexibility index (Phi) is 5.27. The van der Waals surface area contributed by atoms with Gasteiger partial charge in [0.1, 0.15) is 11.7 Å². The molecule has 0 heterocycles. The topological polar surface area (TPSA) is 50.2 Å². The number of esters is 1. The first kappa shape index (κ1) is 14.6. The number of nitrogens with one attached hydrogen (secondary N) is 1. The number of carbonyl (C=O) groups is 1. The van der Waals surface area contributed by atoms with E-state index in [2.05, 4.69) is 31.3 Å². The van der Waals surface area contributed by atoms with Crippen molar-refractivity contribution in [2.45, 2.75) is 6.92 Å². The summed E-state index contributed by atoms with van der Waals surface area (Å²) in [5, 5.41) is 8.48. The van der Waals surface area contributed by atoms with E-state index in [1.54, 1.807) is 6.92 Å². The van der Waals surface area contributed by atoms with Crippen molar-refractivity contribution >= 4 is 24.4 Å². The molecule has 0 spiro atoms. The highest BCUT2D eigenvalue weighted by atomic mass is 31.2. The van der Waals surface area contributed by atoms with E-state index in [9.17, 15) is 4.79 Å². The van der Waals surface area contributed by atoms with Gasteiger partial charge in [-0.2, -0.15) is 0 Å². The largest absolute Gasteiger partial charge is 0.462 e. The van der Waals surface area contributed by atoms with E-state index in [-0.39, 0.29) is 0 Å². The van der Waals surface area contributed by atoms with E-state index in [4.69, 9.17) is 10.1 Å². The van der Waals surface area contributed by atoms with Crippen molar-refractivity contribution in [2.24, 2.45) is 0 Å². The maximum atomic E-state index is 11.7. The van der Waals surface area contributed by atoms with Crippen molar-refractivity contribution in [2.75, 3.05) is 26.1 Å². The Hall–Kier alpha value is -1.43. The van der Waals surface area contributed by atoms with Crippen LogP contribution in [0.25, 0.3) is 0 Å². The molecule has 4 heteroatoms. The predicted molar refractivity (Wildman–Crippen MR) is 77.6 cm³/mol. The highest BCUT2D eigenvalue weighted by molar-refractivity contribution is 7.81. The van der Waals surface area contributed by atoms with E-state index in [1.807, 2.05) is 18.2 Å². The molecule has 0 radical (unpaired) electrons. The lowest BCUT2D eigenvalue weighted by molar-refractivity contribution is -0.138. The quantitative estimate of drug-likeness (QED) is 0.384. The zero-order valence-corrected chi connectivity index (χ0v) is 12.0. The highest BCUT2D eigenvalue weighted by Crippen LogP contribution is 2.50. The van der Waals surface area contributed by atoms with Crippen LogP contribution in [0.3, 0.4) is 0 Å². The second kappa shape index (κ2) is 6.49. The molecule has 0 aliphatic carbocycles. The number of ether oxygens (including phenoxy) is 1. The third-order valence-electron chi connectivity index (χ3n) is 2.68. The summed E-state index contributed by atoms with van der Waals surface area (Å²) >= 11 is 0. The van der Waals surface area contributed by atoms with Gasteiger partial charge in [-0.15, -0.1) is 0 Å². The minimum absolute atomic E-state index is 0.328. The Balaban J connectivity index is 2.88. The summed E-state index contributed by atoms with van der Waals surface area (Å²) in [5.74, 6) is 1.81. The Morgan fingerprint density at radius 3 is 2.44 bits per heavy atom. The van der Waals surface area contributed by atoms with E-state index in [1.165, 1.54) is 5.30 Å². The van der Waals surface area contributed by atoms with Gasteiger partial charge in [0, 0.05) is 7.26 Å². The van der Waals surface area contributed by atoms with E-state index in [0.717, 1.165) is 0 Å². The first-order chi connectivity index (χ1) is 8.51. The van der Waals surface area contributed by atoms with Crippen LogP contribution in [0.5, 0.6) is 0 Å². The smallest absolute Gasteiger partial charge is 0.347 e. The fraction of sp³-hybridized carbons (Fsp3) is 0.357. The fourth-order valence-corrected chi connectivity index (χ4v) is 3.85. The fourth-order valence-electron chi connectivity index (χ4n) is 1.69. The van der Waals surface area contributed by atoms with Crippen LogP contribution >= 0.6 is 7.26 Å². The Morgan fingerprint density at radius 2 is 1.94 bits per heavy atom. The standard InChI is InChI=1S/C14H19NO2P/c1-4-17-14(16)12(10-15)11-18(2,3)13-8-6-5-7-9-13/h5-9,15H,4,11H2,1-3H3/q+1. The van der Waals surface area contributed by atoms with Gasteiger partial charge in [-0.05, 0) is 24.9 Å². The van der Waals surface area contributed by atoms with Crippen LogP contribution in [0.4, 0.5) is 0 Å². The maximum absolute atomic E-state index is 11.7. The summed E-state index contributed by atoms with van der Waals surface area (Å²) in [7, 11) is -1.47. The predicted octanol–water partition coefficient (Wildman–Crippen LogP) is 2.33. The lowest BCUT2D eigenvalue weighted by atomic mass is 10.3. The molecule has 96 valence electrons. The SMILES string of the molecule is CCOC(=O)C(=C=N)C[P+](C)(C)c1ccccc1. The van der Waals surface area contributed by atoms with Crippen molar-refractivity contribution in [1.82, 2.24) is 0 Å². The number of rotatable bonds is 5. The molecule has 0 saturated heterocycles. The number of carbonyl (C=O) groups excluding carboxylic acids is 1. The summed E-state index contributed by atoms with van der Waals surface area (Å²) in [4.78, 5) is 11.7. The van der Waals surface area contributed by atoms with Crippen LogP contribution in [-0.4, -0.2) is 37.9 Å². The van der Waals surface area contributed by atoms with Gasteiger partial charge in [0.25, 0.3) is 0 Å². The summed E-state index contributed by atoms with van der Waals surface area (Å²) in [5.41, 5.74) is 0.332. The van der Waals surface area contributed by atoms with Gasteiger partial charge in [-0.3, -0.25) is 5.41 Å². The minimum atomic E-state index is -1.47. The third kappa shape index (κ3) is 3.80. The molecule has 1 rings (SSSR count). The molecule has 1 aromatic carbocycles. The molecular weight excluding hydrogens is 245 g/mol. The van der Waals surface area contributed by atoms with Crippen molar-refractivity contribution in [3.05, 3.63) is 35.9 Å². The highest BCUT2D eigenvalue weighted by Gasteiger charge is 2.32. The lowest BCUT2D eigenvalue weighted by Crippen LogP contribution is -2.18. The van der Waals surface area contributed by atoms with Crippen LogP contribution in [0, 0.1) is 5.41 Å². The van der Waals surface area contributed by atoms with Gasteiger partial charge in [-0.25, -0.2) is 4.79 Å². The molecular formula is C14H19NO2P+. The van der Waals surface area contributed by atoms with Crippen molar-refractivity contribution in [3.63, 3.8) is 0 Å². The van der Waals surface area contributed by atoms with Crippen LogP contribution in [0.1, 0.15) is 6.92 Å². The second-order valence-electron chi connectivity index (χ2n) is 4.50. The van der Waals surface area contributed by atoms with Gasteiger partial charge in [0.05, 0.1) is 25.2 Å². The zero-order valence-electron chi connectivity index (χ0n) is 11.1. The first-order valence-electron chi connectivity index (χ1n) is 5.85. The molecule has 18 heavy (non-hydrogen) atoms. The van der Waals surface area contributed by atoms with Gasteiger partial charge in [-0.1, -0.05) is 18.2 Å². The number of hydrogen-bond acceptors (Lipinski definition) is 3. The Labute approximate surface area is 109 Å². The number of benzene rings is 1. The van der Waals surface area contributed by atoms with E-state index < -0.39 is 13.2 Å². The lowest BCUT2D eigenvalue weighted by Gasteiger charge is -2.17. The Bertz CT molecular complexity index is 462. The normalized spacial score (nSPS) is 10.6. The number of hydrogen-bond donors (Lipinski definition) is 1. The molecule has 0 aliphatic heterocycles. The zero-order chi connectivity index (χ0) is 13.6. The molecule has 1 N–H and O–H groups in total. The molecule has 0 bridgehead atoms. The molecule has 0 fully saturated rings. The molecule has 3 nitrogen and oxygen atoms in total. The van der Waals surface area contributed by atoms with Crippen LogP contribution in [-0.2, 0) is 9.53 Å². The van der Waals surface area contributed by atoms with Crippen LogP contribution < -0.4 is 5.30 Å². The Morgan fingerprint density at radius 1 is 1.33 bits per heavy atom. The maximum Gasteiger partial charge on any atom is 0.347 e. The molecule has 0 aromatic heterocycles. The van der Waals surface area contributed by atoms with Crippen LogP contribution in [0.15, 0.2) is 35.9 Å². The van der Waals surface area contributed by atoms with Crippen molar-refractivity contribution < 1.29 is 9.53 Å². The first-order valence-corrected chi connectivity index (χ1v) is 8.72. The summed E-state index contributed by atoms with van der Waals surface area (Å²) in [6.07, 6.45) is 0.555. The minimum Gasteiger partial charge on any atom is -0.462 e.